The average Bonchev–Trinajstić information content (AvgIpc) is 3.26. The van der Waals surface area contributed by atoms with Gasteiger partial charge in [-0.3, -0.25) is 29.3 Å². The van der Waals surface area contributed by atoms with E-state index in [1.807, 2.05) is 0 Å². The minimum absolute atomic E-state index is 0.0354. The second-order valence-corrected chi connectivity index (χ2v) is 7.77. The number of non-ortho nitro benzene ring substituents is 1. The Kier molecular flexibility index (Phi) is 4.47. The zero-order valence-electron chi connectivity index (χ0n) is 16.8. The number of carbonyl (C=O) groups excluding carboxylic acids is 4. The van der Waals surface area contributed by atoms with E-state index in [4.69, 9.17) is 14.2 Å². The molecular formula is C20H18N2O9. The lowest BCUT2D eigenvalue weighted by Crippen LogP contribution is -2.52. The van der Waals surface area contributed by atoms with Gasteiger partial charge in [0.25, 0.3) is 12.0 Å². The second kappa shape index (κ2) is 6.71. The normalized spacial score (nSPS) is 30.6. The van der Waals surface area contributed by atoms with E-state index in [0.717, 1.165) is 24.8 Å². The van der Waals surface area contributed by atoms with Gasteiger partial charge in [-0.15, -0.1) is 0 Å². The first-order valence-electron chi connectivity index (χ1n) is 9.37. The van der Waals surface area contributed by atoms with Crippen LogP contribution in [-0.2, 0) is 33.4 Å². The maximum absolute atomic E-state index is 13.4. The van der Waals surface area contributed by atoms with E-state index in [0.29, 0.717) is 0 Å². The summed E-state index contributed by atoms with van der Waals surface area (Å²) in [4.78, 5) is 61.4. The first-order valence-corrected chi connectivity index (χ1v) is 9.37. The molecule has 0 N–H and O–H groups in total. The summed E-state index contributed by atoms with van der Waals surface area (Å²) in [6.07, 6.45) is 1.43. The molecule has 3 aliphatic rings. The van der Waals surface area contributed by atoms with Crippen molar-refractivity contribution in [3.63, 3.8) is 0 Å². The van der Waals surface area contributed by atoms with Crippen LogP contribution in [0.3, 0.4) is 0 Å². The van der Waals surface area contributed by atoms with Gasteiger partial charge in [0, 0.05) is 26.0 Å². The summed E-state index contributed by atoms with van der Waals surface area (Å²) in [5.74, 6) is -5.04. The van der Waals surface area contributed by atoms with Crippen molar-refractivity contribution in [2.24, 2.45) is 11.8 Å². The highest BCUT2D eigenvalue weighted by Crippen LogP contribution is 2.59. The molecule has 0 radical (unpaired) electrons. The monoisotopic (exact) mass is 430 g/mol. The third-order valence-electron chi connectivity index (χ3n) is 5.69. The molecule has 2 fully saturated rings. The fourth-order valence-electron chi connectivity index (χ4n) is 4.56. The molecule has 3 heterocycles. The fourth-order valence-corrected chi connectivity index (χ4v) is 4.56. The van der Waals surface area contributed by atoms with Gasteiger partial charge in [0.2, 0.25) is 11.8 Å². The molecule has 2 amide bonds. The van der Waals surface area contributed by atoms with E-state index in [1.54, 1.807) is 13.0 Å². The SMILES string of the molecule is CC(=O)OC(OC(C)=O)[C@@]12C=C[C@@](C)(O1)[C@@H]1C(=O)N(c3cccc([N+](=O)[O-])c3)C(=O)[C@H]12. The lowest BCUT2D eigenvalue weighted by Gasteiger charge is -2.34. The Morgan fingerprint density at radius 1 is 1.13 bits per heavy atom. The molecule has 0 spiro atoms. The molecule has 31 heavy (non-hydrogen) atoms. The van der Waals surface area contributed by atoms with E-state index < -0.39 is 58.0 Å². The number of ether oxygens (including phenoxy) is 3. The standard InChI is InChI=1S/C20H18N2O9/c1-10(23)29-18(30-11(2)24)20-8-7-19(3,31-20)14-15(20)17(26)21(16(14)25)12-5-4-6-13(9-12)22(27)28/h4-9,14-15,18H,1-3H3/t14-,15-,19+,20-/m0/s1. The van der Waals surface area contributed by atoms with Crippen molar-refractivity contribution in [3.8, 4) is 0 Å². The summed E-state index contributed by atoms with van der Waals surface area (Å²) >= 11 is 0. The molecule has 0 aromatic heterocycles. The largest absolute Gasteiger partial charge is 0.422 e. The van der Waals surface area contributed by atoms with Gasteiger partial charge in [-0.05, 0) is 19.1 Å². The van der Waals surface area contributed by atoms with E-state index in [2.05, 4.69) is 0 Å². The molecule has 4 rings (SSSR count). The molecule has 1 aromatic carbocycles. The lowest BCUT2D eigenvalue weighted by atomic mass is 9.72. The number of carbonyl (C=O) groups is 4. The molecule has 4 atom stereocenters. The predicted octanol–water partition coefficient (Wildman–Crippen LogP) is 1.25. The number of rotatable bonds is 5. The number of nitro groups is 1. The van der Waals surface area contributed by atoms with Crippen LogP contribution in [0, 0.1) is 22.0 Å². The highest BCUT2D eigenvalue weighted by Gasteiger charge is 2.76. The van der Waals surface area contributed by atoms with Crippen LogP contribution < -0.4 is 4.90 Å². The van der Waals surface area contributed by atoms with Crippen molar-refractivity contribution >= 4 is 35.1 Å². The minimum Gasteiger partial charge on any atom is -0.422 e. The highest BCUT2D eigenvalue weighted by atomic mass is 16.7. The van der Waals surface area contributed by atoms with Crippen LogP contribution in [-0.4, -0.2) is 46.2 Å². The predicted molar refractivity (Wildman–Crippen MR) is 101 cm³/mol. The summed E-state index contributed by atoms with van der Waals surface area (Å²) in [5, 5.41) is 11.1. The van der Waals surface area contributed by atoms with Gasteiger partial charge in [-0.2, -0.15) is 0 Å². The topological polar surface area (TPSA) is 142 Å². The van der Waals surface area contributed by atoms with Gasteiger partial charge in [-0.1, -0.05) is 12.1 Å². The number of esters is 2. The van der Waals surface area contributed by atoms with Crippen LogP contribution in [0.4, 0.5) is 11.4 Å². The Labute approximate surface area is 175 Å². The number of anilines is 1. The van der Waals surface area contributed by atoms with Gasteiger partial charge in [0.05, 0.1) is 28.0 Å². The number of benzene rings is 1. The summed E-state index contributed by atoms with van der Waals surface area (Å²) in [6, 6.07) is 5.13. The smallest absolute Gasteiger partial charge is 0.305 e. The van der Waals surface area contributed by atoms with Crippen LogP contribution in [0.15, 0.2) is 36.4 Å². The molecule has 162 valence electrons. The van der Waals surface area contributed by atoms with Crippen molar-refractivity contribution in [2.75, 3.05) is 4.90 Å². The third-order valence-corrected chi connectivity index (χ3v) is 5.69. The van der Waals surface area contributed by atoms with Gasteiger partial charge < -0.3 is 14.2 Å². The quantitative estimate of drug-likeness (QED) is 0.168. The van der Waals surface area contributed by atoms with Crippen LogP contribution in [0.1, 0.15) is 20.8 Å². The molecule has 0 aliphatic carbocycles. The lowest BCUT2D eigenvalue weighted by molar-refractivity contribution is -0.384. The van der Waals surface area contributed by atoms with E-state index in [-0.39, 0.29) is 11.4 Å². The Morgan fingerprint density at radius 2 is 1.74 bits per heavy atom. The van der Waals surface area contributed by atoms with Crippen molar-refractivity contribution < 1.29 is 38.3 Å². The summed E-state index contributed by atoms with van der Waals surface area (Å²) < 4.78 is 16.4. The Balaban J connectivity index is 1.79. The molecule has 11 heteroatoms. The number of imide groups is 1. The third kappa shape index (κ3) is 2.92. The number of nitro benzene ring substituents is 1. The van der Waals surface area contributed by atoms with E-state index >= 15 is 0 Å². The number of nitrogens with zero attached hydrogens (tertiary/aromatic N) is 2. The van der Waals surface area contributed by atoms with Gasteiger partial charge in [0.15, 0.2) is 5.60 Å². The molecule has 0 saturated carbocycles. The summed E-state index contributed by atoms with van der Waals surface area (Å²) in [5.41, 5.74) is -3.19. The second-order valence-electron chi connectivity index (χ2n) is 7.77. The van der Waals surface area contributed by atoms with Crippen molar-refractivity contribution in [1.29, 1.82) is 0 Å². The Bertz CT molecular complexity index is 1050. The van der Waals surface area contributed by atoms with Crippen molar-refractivity contribution in [3.05, 3.63) is 46.5 Å². The van der Waals surface area contributed by atoms with Crippen LogP contribution in [0.5, 0.6) is 0 Å². The zero-order valence-corrected chi connectivity index (χ0v) is 16.8. The number of hydrogen-bond donors (Lipinski definition) is 0. The first-order chi connectivity index (χ1) is 14.5. The molecule has 2 saturated heterocycles. The summed E-state index contributed by atoms with van der Waals surface area (Å²) in [7, 11) is 0. The average molecular weight is 430 g/mol. The van der Waals surface area contributed by atoms with E-state index in [1.165, 1.54) is 24.3 Å². The molecule has 0 unspecified atom stereocenters. The van der Waals surface area contributed by atoms with Crippen LogP contribution in [0.2, 0.25) is 0 Å². The number of fused-ring (bicyclic) bond motifs is 5. The number of amides is 2. The molecular weight excluding hydrogens is 412 g/mol. The van der Waals surface area contributed by atoms with Gasteiger partial charge >= 0.3 is 11.9 Å². The molecule has 1 aromatic rings. The molecule has 11 nitrogen and oxygen atoms in total. The zero-order chi connectivity index (χ0) is 22.7. The van der Waals surface area contributed by atoms with E-state index in [9.17, 15) is 29.3 Å². The molecule has 3 aliphatic heterocycles. The van der Waals surface area contributed by atoms with Crippen LogP contribution >= 0.6 is 0 Å². The molecule has 2 bridgehead atoms. The van der Waals surface area contributed by atoms with Crippen molar-refractivity contribution in [1.82, 2.24) is 0 Å². The Hall–Kier alpha value is -3.60. The van der Waals surface area contributed by atoms with Crippen molar-refractivity contribution in [2.45, 2.75) is 38.3 Å². The Morgan fingerprint density at radius 3 is 2.32 bits per heavy atom. The fraction of sp³-hybridized carbons (Fsp3) is 0.400. The first kappa shape index (κ1) is 20.7. The van der Waals surface area contributed by atoms with Crippen LogP contribution in [0.25, 0.3) is 0 Å². The maximum Gasteiger partial charge on any atom is 0.305 e. The van der Waals surface area contributed by atoms with Gasteiger partial charge in [-0.25, -0.2) is 4.90 Å². The minimum atomic E-state index is -1.71. The number of hydrogen-bond acceptors (Lipinski definition) is 9. The van der Waals surface area contributed by atoms with Gasteiger partial charge in [0.1, 0.15) is 0 Å². The summed E-state index contributed by atoms with van der Waals surface area (Å²) in [6.45, 7) is 3.81. The highest BCUT2D eigenvalue weighted by molar-refractivity contribution is 6.23. The maximum atomic E-state index is 13.4.